The van der Waals surface area contributed by atoms with Crippen molar-refractivity contribution in [2.45, 2.75) is 56.1 Å². The fourth-order valence-corrected chi connectivity index (χ4v) is 8.11. The Morgan fingerprint density at radius 2 is 1.82 bits per heavy atom. The van der Waals surface area contributed by atoms with E-state index in [1.165, 1.54) is 31.4 Å². The Labute approximate surface area is 259 Å². The molecule has 6 heterocycles. The van der Waals surface area contributed by atoms with E-state index in [4.69, 9.17) is 20.9 Å². The maximum Gasteiger partial charge on any atom is 0.319 e. The number of nitrogens with one attached hydrogen (secondary N) is 1. The third kappa shape index (κ3) is 4.53. The van der Waals surface area contributed by atoms with Crippen molar-refractivity contribution >= 4 is 27.5 Å². The molecule has 4 aliphatic heterocycles. The van der Waals surface area contributed by atoms with Crippen LogP contribution in [-0.2, 0) is 0 Å². The summed E-state index contributed by atoms with van der Waals surface area (Å²) in [7, 11) is 1.46. The summed E-state index contributed by atoms with van der Waals surface area (Å²) in [6.45, 7) is 3.90. The van der Waals surface area contributed by atoms with Crippen LogP contribution in [0.5, 0.6) is 17.6 Å². The largest absolute Gasteiger partial charge is 0.508 e. The summed E-state index contributed by atoms with van der Waals surface area (Å²) in [6, 6.07) is 6.18. The van der Waals surface area contributed by atoms with Crippen LogP contribution in [-0.4, -0.2) is 82.5 Å². The molecular weight excluding hydrogens is 578 g/mol. The molecule has 0 saturated carbocycles. The van der Waals surface area contributed by atoms with Crippen LogP contribution in [0.15, 0.2) is 24.3 Å². The van der Waals surface area contributed by atoms with Gasteiger partial charge >= 0.3 is 6.01 Å². The van der Waals surface area contributed by atoms with E-state index in [1.807, 2.05) is 0 Å². The number of ether oxygens (including phenoxy) is 2. The lowest BCUT2D eigenvalue weighted by Crippen LogP contribution is -2.51. The molecule has 2 unspecified atom stereocenters. The quantitative estimate of drug-likeness (QED) is 0.299. The van der Waals surface area contributed by atoms with E-state index in [-0.39, 0.29) is 50.9 Å². The van der Waals surface area contributed by atoms with Gasteiger partial charge in [0.15, 0.2) is 5.82 Å². The van der Waals surface area contributed by atoms with E-state index in [0.29, 0.717) is 48.4 Å². The van der Waals surface area contributed by atoms with Gasteiger partial charge in [-0.05, 0) is 75.2 Å². The third-order valence-electron chi connectivity index (χ3n) is 10.2. The number of hydrogen-bond donors (Lipinski definition) is 2. The topological polar surface area (TPSA) is 95.9 Å². The summed E-state index contributed by atoms with van der Waals surface area (Å²) in [5.41, 5.74) is -0.171. The number of methoxy groups -OCH3 is 1. The summed E-state index contributed by atoms with van der Waals surface area (Å²) >= 11 is 0. The van der Waals surface area contributed by atoms with Crippen LogP contribution < -0.4 is 19.7 Å². The smallest absolute Gasteiger partial charge is 0.319 e. The fraction of sp³-hybridized carbons (Fsp3) is 0.441. The number of rotatable bonds is 6. The highest BCUT2D eigenvalue weighted by atomic mass is 19.1. The zero-order chi connectivity index (χ0) is 30.9. The van der Waals surface area contributed by atoms with Crippen LogP contribution in [0.3, 0.4) is 0 Å². The van der Waals surface area contributed by atoms with Crippen molar-refractivity contribution in [2.24, 2.45) is 0 Å². The Morgan fingerprint density at radius 3 is 2.53 bits per heavy atom. The first kappa shape index (κ1) is 28.2. The molecule has 2 bridgehead atoms. The number of nitrogens with zero attached hydrogens (tertiary/aromatic N) is 5. The molecule has 2 aromatic heterocycles. The van der Waals surface area contributed by atoms with Gasteiger partial charge in [-0.1, -0.05) is 12.0 Å². The van der Waals surface area contributed by atoms with Gasteiger partial charge in [0, 0.05) is 36.1 Å². The van der Waals surface area contributed by atoms with Gasteiger partial charge in [0.1, 0.15) is 40.6 Å². The molecule has 232 valence electrons. The van der Waals surface area contributed by atoms with Crippen LogP contribution in [0.1, 0.15) is 44.1 Å². The number of halogens is 2. The monoisotopic (exact) mass is 612 g/mol. The van der Waals surface area contributed by atoms with Crippen molar-refractivity contribution in [2.75, 3.05) is 44.8 Å². The lowest BCUT2D eigenvalue weighted by atomic mass is 9.95. The van der Waals surface area contributed by atoms with Gasteiger partial charge in [0.25, 0.3) is 0 Å². The maximum absolute atomic E-state index is 17.0. The van der Waals surface area contributed by atoms with E-state index in [9.17, 15) is 9.50 Å². The highest BCUT2D eigenvalue weighted by molar-refractivity contribution is 6.04. The molecule has 2 N–H and O–H groups in total. The van der Waals surface area contributed by atoms with Crippen molar-refractivity contribution in [1.82, 2.24) is 25.2 Å². The Hall–Kier alpha value is -4.27. The minimum absolute atomic E-state index is 0.0231. The number of aromatic hydroxyl groups is 1. The number of anilines is 1. The molecule has 2 aromatic carbocycles. The highest BCUT2D eigenvalue weighted by Gasteiger charge is 2.45. The average Bonchev–Trinajstić information content (AvgIpc) is 3.73. The zero-order valence-corrected chi connectivity index (χ0v) is 25.1. The number of aromatic nitrogens is 3. The van der Waals surface area contributed by atoms with E-state index >= 15 is 4.39 Å². The number of hydrogen-bond acceptors (Lipinski definition) is 9. The normalized spacial score (nSPS) is 22.2. The molecule has 45 heavy (non-hydrogen) atoms. The van der Waals surface area contributed by atoms with Crippen molar-refractivity contribution < 1.29 is 23.4 Å². The van der Waals surface area contributed by atoms with Gasteiger partial charge in [0.05, 0.1) is 18.2 Å². The molecule has 4 aliphatic rings. The van der Waals surface area contributed by atoms with Gasteiger partial charge in [0.2, 0.25) is 5.88 Å². The van der Waals surface area contributed by atoms with Crippen molar-refractivity contribution in [1.29, 1.82) is 0 Å². The second-order valence-electron chi connectivity index (χ2n) is 12.7. The zero-order valence-electron chi connectivity index (χ0n) is 25.1. The van der Waals surface area contributed by atoms with E-state index < -0.39 is 11.6 Å². The van der Waals surface area contributed by atoms with Crippen LogP contribution in [0, 0.1) is 24.0 Å². The molecule has 8 rings (SSSR count). The summed E-state index contributed by atoms with van der Waals surface area (Å²) < 4.78 is 44.0. The summed E-state index contributed by atoms with van der Waals surface area (Å²) in [5, 5.41) is 15.3. The molecule has 0 radical (unpaired) electrons. The van der Waals surface area contributed by atoms with Crippen molar-refractivity contribution in [3.05, 3.63) is 41.5 Å². The molecule has 0 aliphatic carbocycles. The number of fused-ring (bicyclic) bond motifs is 5. The van der Waals surface area contributed by atoms with Crippen molar-refractivity contribution in [3.63, 3.8) is 0 Å². The van der Waals surface area contributed by atoms with E-state index in [0.717, 1.165) is 51.6 Å². The number of phenolic OH excluding ortho intramolecular Hbond substituents is 1. The Kier molecular flexibility index (Phi) is 6.69. The van der Waals surface area contributed by atoms with Gasteiger partial charge < -0.3 is 24.8 Å². The van der Waals surface area contributed by atoms with Gasteiger partial charge in [-0.25, -0.2) is 13.8 Å². The summed E-state index contributed by atoms with van der Waals surface area (Å²) in [4.78, 5) is 18.8. The highest BCUT2D eigenvalue weighted by Crippen LogP contribution is 2.43. The maximum atomic E-state index is 17.0. The van der Waals surface area contributed by atoms with Gasteiger partial charge in [-0.3, -0.25) is 4.90 Å². The third-order valence-corrected chi connectivity index (χ3v) is 10.2. The second kappa shape index (κ2) is 10.7. The second-order valence-corrected chi connectivity index (χ2v) is 12.7. The minimum atomic E-state index is -0.766. The number of piperazine rings is 1. The first-order valence-electron chi connectivity index (χ1n) is 15.6. The van der Waals surface area contributed by atoms with E-state index in [2.05, 4.69) is 31.0 Å². The standard InChI is InChI=1S/C34H34F2N6O3/c1-3-23-25(35)9-6-19-14-22(43)15-24(26(19)23)29-28(36)30-27(32(38-29)44-2)31(41-16-20-7-8-21(17-41)37-20)40-33(39-30)45-18-34-10-4-12-42(34)13-5-11-34/h1,6,9,14-15,20-21,37,43H,4-5,7-8,10-13,16-18H2,2H3. The van der Waals surface area contributed by atoms with Gasteiger partial charge in [-0.15, -0.1) is 6.42 Å². The Bertz CT molecular complexity index is 1870. The predicted octanol–water partition coefficient (Wildman–Crippen LogP) is 4.77. The molecular formula is C34H34F2N6O3. The van der Waals surface area contributed by atoms with Crippen molar-refractivity contribution in [3.8, 4) is 41.2 Å². The number of pyridine rings is 1. The minimum Gasteiger partial charge on any atom is -0.508 e. The van der Waals surface area contributed by atoms with E-state index in [1.54, 1.807) is 0 Å². The van der Waals surface area contributed by atoms with Crippen LogP contribution >= 0.6 is 0 Å². The molecule has 2 atom stereocenters. The molecule has 9 nitrogen and oxygen atoms in total. The molecule has 0 amide bonds. The van der Waals surface area contributed by atoms with Crippen LogP contribution in [0.25, 0.3) is 32.9 Å². The number of phenols is 1. The molecule has 4 aromatic rings. The lowest BCUT2D eigenvalue weighted by Gasteiger charge is -2.35. The Morgan fingerprint density at radius 1 is 1.07 bits per heavy atom. The summed E-state index contributed by atoms with van der Waals surface area (Å²) in [5.74, 6) is 1.46. The van der Waals surface area contributed by atoms with Gasteiger partial charge in [-0.2, -0.15) is 9.97 Å². The van der Waals surface area contributed by atoms with Crippen LogP contribution in [0.2, 0.25) is 0 Å². The van der Waals surface area contributed by atoms with Crippen LogP contribution in [0.4, 0.5) is 14.6 Å². The Balaban J connectivity index is 1.33. The number of terminal acetylenes is 1. The molecule has 11 heteroatoms. The first-order valence-corrected chi connectivity index (χ1v) is 15.6. The first-order chi connectivity index (χ1) is 21.9. The SMILES string of the molecule is C#Cc1c(F)ccc2cc(O)cc(-c3nc(OC)c4c(N5CC6CCC(C5)N6)nc(OCC56CCCN5CCC6)nc4c3F)c12. The molecule has 4 fully saturated rings. The molecule has 0 spiro atoms. The summed E-state index contributed by atoms with van der Waals surface area (Å²) in [6.07, 6.45) is 12.2. The molecule has 4 saturated heterocycles. The average molecular weight is 613 g/mol. The lowest BCUT2D eigenvalue weighted by molar-refractivity contribution is 0.108. The number of benzene rings is 2. The fourth-order valence-electron chi connectivity index (χ4n) is 8.11. The predicted molar refractivity (Wildman–Crippen MR) is 167 cm³/mol.